The summed E-state index contributed by atoms with van der Waals surface area (Å²) in [4.78, 5) is 0. The molecule has 0 N–H and O–H groups in total. The van der Waals surface area contributed by atoms with Gasteiger partial charge in [-0.15, -0.1) is 0 Å². The zero-order chi connectivity index (χ0) is 0. The van der Waals surface area contributed by atoms with Gasteiger partial charge in [-0.25, -0.2) is 0 Å². The fourth-order valence-corrected chi connectivity index (χ4v) is 0. The largest absolute Gasteiger partial charge is 0 e. The summed E-state index contributed by atoms with van der Waals surface area (Å²) in [5, 5.41) is 0. The van der Waals surface area contributed by atoms with Crippen molar-refractivity contribution in [3.63, 3.8) is 0 Å². The van der Waals surface area contributed by atoms with Crippen LogP contribution in [0.5, 0.6) is 0 Å². The van der Waals surface area contributed by atoms with E-state index in [9.17, 15) is 0 Å². The van der Waals surface area contributed by atoms with Crippen molar-refractivity contribution in [3.8, 4) is 0 Å². The quantitative estimate of drug-likeness (QED) is 0.325. The van der Waals surface area contributed by atoms with E-state index in [2.05, 4.69) is 0 Å². The average Bonchev–Trinajstić information content (AvgIpc) is 0. The summed E-state index contributed by atoms with van der Waals surface area (Å²) in [6, 6.07) is 0. The van der Waals surface area contributed by atoms with Crippen LogP contribution in [0.3, 0.4) is 0 Å². The molecular weight excluding hydrogens is 118 g/mol. The Bertz CT molecular complexity index is 4.85. The minimum Gasteiger partial charge on any atom is 0 e. The Morgan fingerprint density at radius 1 is 0.400 bits per heavy atom. The smallest absolute Gasteiger partial charge is 0 e. The van der Waals surface area contributed by atoms with Crippen molar-refractivity contribution in [1.29, 1.82) is 0 Å². The Labute approximate surface area is 131 Å². The normalized spacial score (nSPS) is 0. The van der Waals surface area contributed by atoms with Gasteiger partial charge in [0, 0.05) is 135 Å². The Balaban J connectivity index is 0. The van der Waals surface area contributed by atoms with Crippen LogP contribution in [-0.4, -0.2) is 135 Å². The van der Waals surface area contributed by atoms with Gasteiger partial charge in [0.05, 0.1) is 0 Å². The average molecular weight is 118 g/mol. The Hall–Kier alpha value is 4.53. The van der Waals surface area contributed by atoms with Crippen LogP contribution >= 0.6 is 0 Å². The molecule has 0 atom stereocenters. The van der Waals surface area contributed by atoms with Crippen LogP contribution in [0.2, 0.25) is 0 Å². The standard InChI is InChI=1S/2Mg.3Na. The molecule has 0 rings (SSSR count). The number of rotatable bonds is 0. The molecule has 0 saturated heterocycles. The molecule has 0 aliphatic carbocycles. The fraction of sp³-hybridized carbons (Fsp3) is 0. The monoisotopic (exact) mass is 117 g/mol. The van der Waals surface area contributed by atoms with Gasteiger partial charge >= 0.3 is 0 Å². The molecule has 0 saturated carbocycles. The zero-order valence-corrected chi connectivity index (χ0v) is 13.2. The molecule has 0 unspecified atom stereocenters. The van der Waals surface area contributed by atoms with Gasteiger partial charge in [-0.1, -0.05) is 0 Å². The van der Waals surface area contributed by atoms with Gasteiger partial charge < -0.3 is 0 Å². The van der Waals surface area contributed by atoms with E-state index in [1.54, 1.807) is 0 Å². The SMILES string of the molecule is [Mg].[Mg].[Na].[Na].[Na]. The summed E-state index contributed by atoms with van der Waals surface area (Å²) < 4.78 is 0. The van der Waals surface area contributed by atoms with Crippen molar-refractivity contribution >= 4 is 135 Å². The maximum atomic E-state index is 0. The molecule has 0 aromatic carbocycles. The second-order valence-electron chi connectivity index (χ2n) is 0. The molecule has 0 nitrogen and oxygen atoms in total. The van der Waals surface area contributed by atoms with Crippen molar-refractivity contribution < 1.29 is 0 Å². The van der Waals surface area contributed by atoms with Crippen LogP contribution in [-0.2, 0) is 0 Å². The summed E-state index contributed by atoms with van der Waals surface area (Å²) in [6.07, 6.45) is 0. The van der Waals surface area contributed by atoms with Gasteiger partial charge in [0.25, 0.3) is 0 Å². The summed E-state index contributed by atoms with van der Waals surface area (Å²) in [5.41, 5.74) is 0. The minimum absolute atomic E-state index is 0. The number of hydrogen-bond donors (Lipinski definition) is 0. The topological polar surface area (TPSA) is 0 Å². The molecule has 0 amide bonds. The van der Waals surface area contributed by atoms with E-state index >= 15 is 0 Å². The summed E-state index contributed by atoms with van der Waals surface area (Å²) in [6.45, 7) is 0. The predicted molar refractivity (Wildman–Crippen MR) is 28.8 cm³/mol. The molecule has 0 aromatic heterocycles. The van der Waals surface area contributed by atoms with Gasteiger partial charge in [0.15, 0.2) is 0 Å². The second kappa shape index (κ2) is 23.6. The van der Waals surface area contributed by atoms with Gasteiger partial charge in [0.2, 0.25) is 0 Å². The second-order valence-corrected chi connectivity index (χ2v) is 0. The van der Waals surface area contributed by atoms with E-state index in [-0.39, 0.29) is 135 Å². The van der Waals surface area contributed by atoms with Crippen LogP contribution in [0, 0.1) is 0 Å². The van der Waals surface area contributed by atoms with Crippen LogP contribution in [0.15, 0.2) is 0 Å². The summed E-state index contributed by atoms with van der Waals surface area (Å²) in [7, 11) is 0. The molecule has 0 spiro atoms. The molecule has 0 heterocycles. The molecule has 0 bridgehead atoms. The molecule has 5 heteroatoms. The Kier molecular flexibility index (Phi) is 159. The Morgan fingerprint density at radius 2 is 0.400 bits per heavy atom. The van der Waals surface area contributed by atoms with Crippen LogP contribution in [0.25, 0.3) is 0 Å². The van der Waals surface area contributed by atoms with Gasteiger partial charge in [-0.3, -0.25) is 0 Å². The first-order valence-electron chi connectivity index (χ1n) is 0. The fourth-order valence-electron chi connectivity index (χ4n) is 0. The van der Waals surface area contributed by atoms with Crippen LogP contribution in [0.4, 0.5) is 0 Å². The molecule has 0 fully saturated rings. The third-order valence-electron chi connectivity index (χ3n) is 0. The van der Waals surface area contributed by atoms with Gasteiger partial charge in [0.1, 0.15) is 0 Å². The summed E-state index contributed by atoms with van der Waals surface area (Å²) >= 11 is 0. The maximum absolute atomic E-state index is 0. The first-order valence-corrected chi connectivity index (χ1v) is 0. The maximum Gasteiger partial charge on any atom is 0 e. The summed E-state index contributed by atoms with van der Waals surface area (Å²) in [5.74, 6) is 0. The molecule has 0 aliphatic rings. The van der Waals surface area contributed by atoms with Crippen molar-refractivity contribution in [2.75, 3.05) is 0 Å². The Morgan fingerprint density at radius 3 is 0.400 bits per heavy atom. The van der Waals surface area contributed by atoms with Crippen molar-refractivity contribution in [2.45, 2.75) is 0 Å². The first kappa shape index (κ1) is 33.8. The predicted octanol–water partition coefficient (Wildman–Crippen LogP) is -1.90. The minimum atomic E-state index is 0. The molecular formula is Mg2Na3. The van der Waals surface area contributed by atoms with Crippen molar-refractivity contribution in [2.24, 2.45) is 0 Å². The van der Waals surface area contributed by atoms with E-state index < -0.39 is 0 Å². The first-order chi connectivity index (χ1) is 0. The molecule has 7 valence electrons. The zero-order valence-electron chi connectivity index (χ0n) is 4.41. The molecule has 0 aliphatic heterocycles. The molecule has 7 radical (unpaired) electrons. The van der Waals surface area contributed by atoms with Crippen molar-refractivity contribution in [3.05, 3.63) is 0 Å². The van der Waals surface area contributed by atoms with Crippen LogP contribution in [0.1, 0.15) is 0 Å². The van der Waals surface area contributed by atoms with Gasteiger partial charge in [-0.05, 0) is 0 Å². The molecule has 5 heavy (non-hydrogen) atoms. The van der Waals surface area contributed by atoms with Crippen LogP contribution < -0.4 is 0 Å². The third kappa shape index (κ3) is 17.7. The van der Waals surface area contributed by atoms with E-state index in [4.69, 9.17) is 0 Å². The third-order valence-corrected chi connectivity index (χ3v) is 0. The van der Waals surface area contributed by atoms with E-state index in [1.165, 1.54) is 0 Å². The van der Waals surface area contributed by atoms with Gasteiger partial charge in [-0.2, -0.15) is 0 Å². The van der Waals surface area contributed by atoms with Crippen molar-refractivity contribution in [1.82, 2.24) is 0 Å². The molecule has 0 aromatic rings. The van der Waals surface area contributed by atoms with E-state index in [1.807, 2.05) is 0 Å². The number of hydrogen-bond acceptors (Lipinski definition) is 0. The van der Waals surface area contributed by atoms with E-state index in [0.29, 0.717) is 0 Å². The van der Waals surface area contributed by atoms with E-state index in [0.717, 1.165) is 0 Å².